The predicted molar refractivity (Wildman–Crippen MR) is 72.0 cm³/mol. The summed E-state index contributed by atoms with van der Waals surface area (Å²) in [4.78, 5) is 4.35. The zero-order chi connectivity index (χ0) is 12.5. The van der Waals surface area contributed by atoms with Crippen LogP contribution in [-0.2, 0) is 6.61 Å². The summed E-state index contributed by atoms with van der Waals surface area (Å²) < 4.78 is 1.94. The zero-order valence-electron chi connectivity index (χ0n) is 9.55. The van der Waals surface area contributed by atoms with Crippen LogP contribution >= 0.6 is 11.6 Å². The van der Waals surface area contributed by atoms with E-state index in [1.165, 1.54) is 0 Å². The Balaban J connectivity index is 2.29. The van der Waals surface area contributed by atoms with Gasteiger partial charge in [-0.3, -0.25) is 0 Å². The van der Waals surface area contributed by atoms with Crippen molar-refractivity contribution < 1.29 is 5.11 Å². The smallest absolute Gasteiger partial charge is 0.145 e. The molecule has 3 aromatic rings. The van der Waals surface area contributed by atoms with Gasteiger partial charge in [0, 0.05) is 23.3 Å². The molecule has 4 heteroatoms. The number of para-hydroxylation sites is 1. The minimum absolute atomic E-state index is 0.00356. The fraction of sp³-hybridized carbons (Fsp3) is 0.0714. The molecule has 0 spiro atoms. The number of fused-ring (bicyclic) bond motifs is 1. The van der Waals surface area contributed by atoms with Gasteiger partial charge in [0.05, 0.1) is 17.3 Å². The highest BCUT2D eigenvalue weighted by atomic mass is 35.5. The third-order valence-electron chi connectivity index (χ3n) is 2.96. The number of hydrogen-bond donors (Lipinski definition) is 1. The van der Waals surface area contributed by atoms with E-state index in [9.17, 15) is 5.11 Å². The normalized spacial score (nSPS) is 11.0. The molecule has 1 aromatic carbocycles. The Morgan fingerprint density at radius 2 is 2.00 bits per heavy atom. The maximum atomic E-state index is 9.38. The van der Waals surface area contributed by atoms with E-state index < -0.39 is 0 Å². The molecule has 0 amide bonds. The van der Waals surface area contributed by atoms with E-state index in [0.717, 1.165) is 22.3 Å². The van der Waals surface area contributed by atoms with Crippen molar-refractivity contribution in [2.24, 2.45) is 0 Å². The van der Waals surface area contributed by atoms with Crippen LogP contribution in [0.4, 0.5) is 0 Å². The number of nitrogens with zero attached hydrogens (tertiary/aromatic N) is 2. The SMILES string of the molecule is OCc1ccccc1-n1ccc2c(Cl)ccnc21. The molecule has 0 saturated carbocycles. The van der Waals surface area contributed by atoms with E-state index in [0.29, 0.717) is 5.02 Å². The van der Waals surface area contributed by atoms with Gasteiger partial charge < -0.3 is 9.67 Å². The van der Waals surface area contributed by atoms with Gasteiger partial charge in [0.15, 0.2) is 0 Å². The number of benzene rings is 1. The maximum Gasteiger partial charge on any atom is 0.145 e. The third-order valence-corrected chi connectivity index (χ3v) is 3.29. The van der Waals surface area contributed by atoms with Gasteiger partial charge in [-0.1, -0.05) is 29.8 Å². The number of halogens is 1. The second-order valence-electron chi connectivity index (χ2n) is 4.00. The molecular formula is C14H11ClN2O. The Hall–Kier alpha value is -1.84. The number of pyridine rings is 1. The highest BCUT2D eigenvalue weighted by molar-refractivity contribution is 6.35. The van der Waals surface area contributed by atoms with Crippen LogP contribution in [0.5, 0.6) is 0 Å². The van der Waals surface area contributed by atoms with Gasteiger partial charge in [0.2, 0.25) is 0 Å². The quantitative estimate of drug-likeness (QED) is 0.767. The Morgan fingerprint density at radius 3 is 2.83 bits per heavy atom. The van der Waals surface area contributed by atoms with Gasteiger partial charge in [-0.05, 0) is 18.2 Å². The van der Waals surface area contributed by atoms with Crippen molar-refractivity contribution in [1.29, 1.82) is 0 Å². The lowest BCUT2D eigenvalue weighted by Crippen LogP contribution is -1.99. The fourth-order valence-corrected chi connectivity index (χ4v) is 2.28. The summed E-state index contributed by atoms with van der Waals surface area (Å²) in [5, 5.41) is 11.0. The molecule has 0 saturated heterocycles. The number of rotatable bonds is 2. The van der Waals surface area contributed by atoms with E-state index in [-0.39, 0.29) is 6.61 Å². The van der Waals surface area contributed by atoms with Crippen LogP contribution in [0.2, 0.25) is 5.02 Å². The lowest BCUT2D eigenvalue weighted by atomic mass is 10.2. The fourth-order valence-electron chi connectivity index (χ4n) is 2.08. The monoisotopic (exact) mass is 258 g/mol. The lowest BCUT2D eigenvalue weighted by molar-refractivity contribution is 0.281. The first-order chi connectivity index (χ1) is 8.81. The highest BCUT2D eigenvalue weighted by Gasteiger charge is 2.09. The number of aliphatic hydroxyl groups excluding tert-OH is 1. The van der Waals surface area contributed by atoms with Gasteiger partial charge in [0.25, 0.3) is 0 Å². The average Bonchev–Trinajstić information content (AvgIpc) is 2.84. The molecular weight excluding hydrogens is 248 g/mol. The minimum Gasteiger partial charge on any atom is -0.392 e. The average molecular weight is 259 g/mol. The first kappa shape index (κ1) is 11.3. The molecule has 90 valence electrons. The molecule has 0 aliphatic carbocycles. The first-order valence-electron chi connectivity index (χ1n) is 5.62. The maximum absolute atomic E-state index is 9.38. The summed E-state index contributed by atoms with van der Waals surface area (Å²) in [7, 11) is 0. The van der Waals surface area contributed by atoms with Crippen molar-refractivity contribution in [2.75, 3.05) is 0 Å². The summed E-state index contributed by atoms with van der Waals surface area (Å²) >= 11 is 6.13. The summed E-state index contributed by atoms with van der Waals surface area (Å²) in [6, 6.07) is 11.4. The zero-order valence-corrected chi connectivity index (χ0v) is 10.3. The standard InChI is InChI=1S/C14H11ClN2O/c15-12-5-7-16-14-11(12)6-8-17(14)13-4-2-1-3-10(13)9-18/h1-8,18H,9H2. The van der Waals surface area contributed by atoms with Crippen LogP contribution in [-0.4, -0.2) is 14.7 Å². The van der Waals surface area contributed by atoms with Crippen molar-refractivity contribution in [1.82, 2.24) is 9.55 Å². The van der Waals surface area contributed by atoms with Crippen LogP contribution in [0.3, 0.4) is 0 Å². The molecule has 2 aromatic heterocycles. The molecule has 3 nitrogen and oxygen atoms in total. The van der Waals surface area contributed by atoms with Crippen LogP contribution in [0.25, 0.3) is 16.7 Å². The molecule has 18 heavy (non-hydrogen) atoms. The Bertz CT molecular complexity index is 706. The Kier molecular flexibility index (Phi) is 2.78. The molecule has 2 heterocycles. The van der Waals surface area contributed by atoms with Gasteiger partial charge in [-0.2, -0.15) is 0 Å². The molecule has 0 aliphatic heterocycles. The largest absolute Gasteiger partial charge is 0.392 e. The van der Waals surface area contributed by atoms with E-state index in [2.05, 4.69) is 4.98 Å². The van der Waals surface area contributed by atoms with Crippen molar-refractivity contribution in [2.45, 2.75) is 6.61 Å². The molecule has 1 N–H and O–H groups in total. The number of hydrogen-bond acceptors (Lipinski definition) is 2. The van der Waals surface area contributed by atoms with Gasteiger partial charge in [-0.15, -0.1) is 0 Å². The van der Waals surface area contributed by atoms with E-state index >= 15 is 0 Å². The molecule has 0 bridgehead atoms. The van der Waals surface area contributed by atoms with E-state index in [1.54, 1.807) is 12.3 Å². The van der Waals surface area contributed by atoms with Crippen molar-refractivity contribution in [3.05, 3.63) is 59.4 Å². The molecule has 3 rings (SSSR count). The molecule has 0 radical (unpaired) electrons. The second-order valence-corrected chi connectivity index (χ2v) is 4.41. The summed E-state index contributed by atoms with van der Waals surface area (Å²) in [6.45, 7) is -0.00356. The second kappa shape index (κ2) is 4.44. The summed E-state index contributed by atoms with van der Waals surface area (Å²) in [5.74, 6) is 0. The predicted octanol–water partition coefficient (Wildman–Crippen LogP) is 3.17. The van der Waals surface area contributed by atoms with Gasteiger partial charge >= 0.3 is 0 Å². The van der Waals surface area contributed by atoms with Crippen molar-refractivity contribution in [3.63, 3.8) is 0 Å². The van der Waals surface area contributed by atoms with E-state index in [1.807, 2.05) is 41.1 Å². The number of aromatic nitrogens is 2. The first-order valence-corrected chi connectivity index (χ1v) is 6.00. The molecule has 0 unspecified atom stereocenters. The molecule has 0 aliphatic rings. The summed E-state index contributed by atoms with van der Waals surface area (Å²) in [5.41, 5.74) is 2.57. The van der Waals surface area contributed by atoms with Crippen molar-refractivity contribution >= 4 is 22.6 Å². The topological polar surface area (TPSA) is 38.0 Å². The number of aliphatic hydroxyl groups is 1. The minimum atomic E-state index is -0.00356. The van der Waals surface area contributed by atoms with Crippen molar-refractivity contribution in [3.8, 4) is 5.69 Å². The molecule has 0 fully saturated rings. The highest BCUT2D eigenvalue weighted by Crippen LogP contribution is 2.26. The lowest BCUT2D eigenvalue weighted by Gasteiger charge is -2.09. The van der Waals surface area contributed by atoms with Gasteiger partial charge in [0.1, 0.15) is 5.65 Å². The molecule has 0 atom stereocenters. The van der Waals surface area contributed by atoms with Crippen LogP contribution in [0.1, 0.15) is 5.56 Å². The van der Waals surface area contributed by atoms with Crippen LogP contribution in [0.15, 0.2) is 48.8 Å². The van der Waals surface area contributed by atoms with Crippen LogP contribution < -0.4 is 0 Å². The Labute approximate surface area is 109 Å². The van der Waals surface area contributed by atoms with E-state index in [4.69, 9.17) is 11.6 Å². The van der Waals surface area contributed by atoms with Gasteiger partial charge in [-0.25, -0.2) is 4.98 Å². The summed E-state index contributed by atoms with van der Waals surface area (Å²) in [6.07, 6.45) is 3.60. The van der Waals surface area contributed by atoms with Crippen LogP contribution in [0, 0.1) is 0 Å². The Morgan fingerprint density at radius 1 is 1.17 bits per heavy atom. The third kappa shape index (κ3) is 1.68.